The third-order valence-electron chi connectivity index (χ3n) is 3.19. The minimum Gasteiger partial charge on any atom is -0.493 e. The zero-order chi connectivity index (χ0) is 15.2. The normalized spacial score (nSPS) is 10.3. The lowest BCUT2D eigenvalue weighted by Crippen LogP contribution is -2.05. The minimum atomic E-state index is 0.580. The summed E-state index contributed by atoms with van der Waals surface area (Å²) >= 11 is 0. The van der Waals surface area contributed by atoms with Crippen LogP contribution in [0.2, 0.25) is 0 Å². The summed E-state index contributed by atoms with van der Waals surface area (Å²) < 4.78 is 16.2. The van der Waals surface area contributed by atoms with E-state index >= 15 is 0 Å². The number of methoxy groups -OCH3 is 3. The highest BCUT2D eigenvalue weighted by Gasteiger charge is 2.17. The van der Waals surface area contributed by atoms with E-state index in [1.165, 1.54) is 0 Å². The first kappa shape index (κ1) is 15.1. The quantitative estimate of drug-likeness (QED) is 0.885. The lowest BCUT2D eigenvalue weighted by molar-refractivity contribution is 0.325. The second kappa shape index (κ2) is 6.95. The van der Waals surface area contributed by atoms with Gasteiger partial charge in [0, 0.05) is 30.1 Å². The Kier molecular flexibility index (Phi) is 5.00. The molecule has 0 aliphatic carbocycles. The molecule has 0 bridgehead atoms. The van der Waals surface area contributed by atoms with E-state index in [1.54, 1.807) is 21.3 Å². The number of nitrogens with one attached hydrogen (secondary N) is 1. The summed E-state index contributed by atoms with van der Waals surface area (Å²) in [6.07, 6.45) is 3.65. The van der Waals surface area contributed by atoms with E-state index in [2.05, 4.69) is 16.4 Å². The Morgan fingerprint density at radius 3 is 2.38 bits per heavy atom. The lowest BCUT2D eigenvalue weighted by Gasteiger charge is -2.16. The Labute approximate surface area is 124 Å². The average molecular weight is 288 g/mol. The molecular formula is C16H20N2O3. The van der Waals surface area contributed by atoms with E-state index in [-0.39, 0.29) is 0 Å². The molecule has 0 amide bonds. The Morgan fingerprint density at radius 1 is 1.00 bits per heavy atom. The van der Waals surface area contributed by atoms with Crippen molar-refractivity contribution in [1.82, 2.24) is 10.3 Å². The third kappa shape index (κ3) is 3.08. The van der Waals surface area contributed by atoms with E-state index in [4.69, 9.17) is 14.2 Å². The first-order valence-electron chi connectivity index (χ1n) is 6.63. The van der Waals surface area contributed by atoms with Gasteiger partial charge < -0.3 is 19.5 Å². The molecule has 0 aliphatic rings. The van der Waals surface area contributed by atoms with E-state index in [1.807, 2.05) is 31.6 Å². The predicted molar refractivity (Wildman–Crippen MR) is 82.1 cm³/mol. The van der Waals surface area contributed by atoms with Gasteiger partial charge in [0.25, 0.3) is 0 Å². The number of hydrogen-bond acceptors (Lipinski definition) is 5. The lowest BCUT2D eigenvalue weighted by atomic mass is 10.0. The van der Waals surface area contributed by atoms with Crippen LogP contribution in [0.3, 0.4) is 0 Å². The largest absolute Gasteiger partial charge is 0.493 e. The molecule has 1 aromatic heterocycles. The van der Waals surface area contributed by atoms with Crippen LogP contribution in [0.4, 0.5) is 0 Å². The molecule has 0 atom stereocenters. The highest BCUT2D eigenvalue weighted by Crippen LogP contribution is 2.44. The highest BCUT2D eigenvalue weighted by atomic mass is 16.5. The van der Waals surface area contributed by atoms with Crippen LogP contribution in [0.5, 0.6) is 17.2 Å². The summed E-state index contributed by atoms with van der Waals surface area (Å²) in [5.41, 5.74) is 2.99. The smallest absolute Gasteiger partial charge is 0.203 e. The maximum absolute atomic E-state index is 5.52. The molecule has 0 fully saturated rings. The molecule has 1 aromatic carbocycles. The number of nitrogens with zero attached hydrogens (tertiary/aromatic N) is 1. The van der Waals surface area contributed by atoms with Gasteiger partial charge in [-0.05, 0) is 30.8 Å². The van der Waals surface area contributed by atoms with Crippen molar-refractivity contribution in [3.8, 4) is 28.4 Å². The van der Waals surface area contributed by atoms with Crippen LogP contribution in [0.25, 0.3) is 11.1 Å². The second-order valence-electron chi connectivity index (χ2n) is 4.49. The van der Waals surface area contributed by atoms with Crippen molar-refractivity contribution in [3.05, 3.63) is 36.2 Å². The summed E-state index contributed by atoms with van der Waals surface area (Å²) in [6.45, 7) is 0.760. The molecule has 2 aromatic rings. The van der Waals surface area contributed by atoms with Crippen LogP contribution in [0.1, 0.15) is 5.56 Å². The minimum absolute atomic E-state index is 0.580. The van der Waals surface area contributed by atoms with Gasteiger partial charge in [0.15, 0.2) is 11.5 Å². The Hall–Kier alpha value is -2.27. The topological polar surface area (TPSA) is 52.6 Å². The summed E-state index contributed by atoms with van der Waals surface area (Å²) in [7, 11) is 6.72. The Morgan fingerprint density at radius 2 is 1.76 bits per heavy atom. The van der Waals surface area contributed by atoms with Crippen LogP contribution < -0.4 is 19.5 Å². The van der Waals surface area contributed by atoms with E-state index in [0.717, 1.165) is 23.2 Å². The van der Waals surface area contributed by atoms with Crippen molar-refractivity contribution in [3.63, 3.8) is 0 Å². The van der Waals surface area contributed by atoms with Crippen molar-refractivity contribution in [2.45, 2.75) is 6.54 Å². The summed E-state index contributed by atoms with van der Waals surface area (Å²) in [5, 5.41) is 3.12. The van der Waals surface area contributed by atoms with Crippen molar-refractivity contribution >= 4 is 0 Å². The van der Waals surface area contributed by atoms with Gasteiger partial charge >= 0.3 is 0 Å². The van der Waals surface area contributed by atoms with E-state index in [9.17, 15) is 0 Å². The van der Waals surface area contributed by atoms with Gasteiger partial charge in [0.05, 0.1) is 21.3 Å². The van der Waals surface area contributed by atoms with Crippen LogP contribution in [-0.2, 0) is 6.54 Å². The molecule has 5 heteroatoms. The number of aromatic nitrogens is 1. The van der Waals surface area contributed by atoms with Gasteiger partial charge in [-0.25, -0.2) is 0 Å². The molecule has 1 N–H and O–H groups in total. The summed E-state index contributed by atoms with van der Waals surface area (Å²) in [6, 6.07) is 5.88. The van der Waals surface area contributed by atoms with Crippen molar-refractivity contribution < 1.29 is 14.2 Å². The SMILES string of the molecule is CNCc1cncc(-c2ccc(OC)c(OC)c2OC)c1. The molecule has 0 saturated heterocycles. The number of hydrogen-bond donors (Lipinski definition) is 1. The average Bonchev–Trinajstić information content (AvgIpc) is 2.53. The van der Waals surface area contributed by atoms with Crippen molar-refractivity contribution in [1.29, 1.82) is 0 Å². The zero-order valence-corrected chi connectivity index (χ0v) is 12.8. The second-order valence-corrected chi connectivity index (χ2v) is 4.49. The molecule has 5 nitrogen and oxygen atoms in total. The van der Waals surface area contributed by atoms with Gasteiger partial charge in [-0.15, -0.1) is 0 Å². The molecule has 0 saturated carbocycles. The van der Waals surface area contributed by atoms with Crippen LogP contribution in [-0.4, -0.2) is 33.4 Å². The number of benzene rings is 1. The molecule has 0 aliphatic heterocycles. The molecule has 112 valence electrons. The standard InChI is InChI=1S/C16H20N2O3/c1-17-8-11-7-12(10-18-9-11)13-5-6-14(19-2)16(21-4)15(13)20-3/h5-7,9-10,17H,8H2,1-4H3. The Balaban J connectivity index is 2.55. The first-order chi connectivity index (χ1) is 10.2. The fourth-order valence-electron chi connectivity index (χ4n) is 2.26. The molecule has 21 heavy (non-hydrogen) atoms. The van der Waals surface area contributed by atoms with Crippen molar-refractivity contribution in [2.75, 3.05) is 28.4 Å². The fraction of sp³-hybridized carbons (Fsp3) is 0.312. The molecule has 0 unspecified atom stereocenters. The molecular weight excluding hydrogens is 268 g/mol. The van der Waals surface area contributed by atoms with E-state index < -0.39 is 0 Å². The number of rotatable bonds is 6. The summed E-state index contributed by atoms with van der Waals surface area (Å²) in [5.74, 6) is 1.86. The first-order valence-corrected chi connectivity index (χ1v) is 6.63. The van der Waals surface area contributed by atoms with Crippen molar-refractivity contribution in [2.24, 2.45) is 0 Å². The maximum Gasteiger partial charge on any atom is 0.203 e. The molecule has 0 spiro atoms. The van der Waals surface area contributed by atoms with Crippen LogP contribution >= 0.6 is 0 Å². The number of ether oxygens (including phenoxy) is 3. The summed E-state index contributed by atoms with van der Waals surface area (Å²) in [4.78, 5) is 4.29. The fourth-order valence-corrected chi connectivity index (χ4v) is 2.26. The number of pyridine rings is 1. The monoisotopic (exact) mass is 288 g/mol. The third-order valence-corrected chi connectivity index (χ3v) is 3.19. The van der Waals surface area contributed by atoms with Gasteiger partial charge in [0.2, 0.25) is 5.75 Å². The van der Waals surface area contributed by atoms with E-state index in [0.29, 0.717) is 17.2 Å². The molecule has 1 heterocycles. The van der Waals surface area contributed by atoms with Gasteiger partial charge in [-0.2, -0.15) is 0 Å². The Bertz CT molecular complexity index is 614. The van der Waals surface area contributed by atoms with Crippen LogP contribution in [0.15, 0.2) is 30.6 Å². The highest BCUT2D eigenvalue weighted by molar-refractivity contribution is 5.76. The van der Waals surface area contributed by atoms with Gasteiger partial charge in [0.1, 0.15) is 0 Å². The van der Waals surface area contributed by atoms with Crippen LogP contribution in [0, 0.1) is 0 Å². The van der Waals surface area contributed by atoms with Gasteiger partial charge in [-0.1, -0.05) is 0 Å². The van der Waals surface area contributed by atoms with Gasteiger partial charge in [-0.3, -0.25) is 4.98 Å². The zero-order valence-electron chi connectivity index (χ0n) is 12.8. The maximum atomic E-state index is 5.52. The molecule has 0 radical (unpaired) electrons. The predicted octanol–water partition coefficient (Wildman–Crippen LogP) is 2.49. The molecule has 2 rings (SSSR count).